The van der Waals surface area contributed by atoms with E-state index >= 15 is 0 Å². The molecule has 2 nitrogen and oxygen atoms in total. The van der Waals surface area contributed by atoms with Crippen LogP contribution in [0.5, 0.6) is 0 Å². The number of nitriles is 1. The fourth-order valence-corrected chi connectivity index (χ4v) is 3.39. The van der Waals surface area contributed by atoms with Crippen LogP contribution in [0.3, 0.4) is 0 Å². The first-order valence-electron chi connectivity index (χ1n) is 7.82. The van der Waals surface area contributed by atoms with Gasteiger partial charge in [-0.1, -0.05) is 39.3 Å². The quantitative estimate of drug-likeness (QED) is 0.866. The second kappa shape index (κ2) is 6.79. The standard InChI is InChI=1S/C18H26N2/c1-13(2)17-9-4-14(3)12-18(17)20-16-7-5-15(6-8-16)10-11-19/h5-8,13-14,17-18,20H,4,9-10,12H2,1-3H3. The summed E-state index contributed by atoms with van der Waals surface area (Å²) in [4.78, 5) is 0. The van der Waals surface area contributed by atoms with Gasteiger partial charge in [0, 0.05) is 11.7 Å². The molecule has 0 aliphatic heterocycles. The fourth-order valence-electron chi connectivity index (χ4n) is 3.39. The van der Waals surface area contributed by atoms with Crippen LogP contribution in [0.1, 0.15) is 45.6 Å². The number of hydrogen-bond donors (Lipinski definition) is 1. The molecule has 1 aliphatic carbocycles. The highest BCUT2D eigenvalue weighted by Crippen LogP contribution is 2.35. The molecule has 1 aliphatic rings. The molecule has 1 aromatic rings. The third kappa shape index (κ3) is 3.76. The maximum Gasteiger partial charge on any atom is 0.0669 e. The van der Waals surface area contributed by atoms with Crippen molar-refractivity contribution in [3.63, 3.8) is 0 Å². The average Bonchev–Trinajstić information content (AvgIpc) is 2.41. The van der Waals surface area contributed by atoms with E-state index in [0.29, 0.717) is 12.5 Å². The minimum atomic E-state index is 0.495. The van der Waals surface area contributed by atoms with Crippen molar-refractivity contribution < 1.29 is 0 Å². The van der Waals surface area contributed by atoms with Crippen LogP contribution in [-0.4, -0.2) is 6.04 Å². The number of benzene rings is 1. The van der Waals surface area contributed by atoms with Crippen molar-refractivity contribution in [2.24, 2.45) is 17.8 Å². The molecule has 1 aromatic carbocycles. The number of nitrogens with one attached hydrogen (secondary N) is 1. The van der Waals surface area contributed by atoms with E-state index in [9.17, 15) is 0 Å². The van der Waals surface area contributed by atoms with Crippen LogP contribution >= 0.6 is 0 Å². The SMILES string of the molecule is CC1CCC(C(C)C)C(Nc2ccc(CC#N)cc2)C1. The molecule has 20 heavy (non-hydrogen) atoms. The largest absolute Gasteiger partial charge is 0.382 e. The molecule has 1 N–H and O–H groups in total. The first kappa shape index (κ1) is 14.9. The lowest BCUT2D eigenvalue weighted by molar-refractivity contribution is 0.212. The fraction of sp³-hybridized carbons (Fsp3) is 0.611. The van der Waals surface area contributed by atoms with Crippen LogP contribution in [0.4, 0.5) is 5.69 Å². The van der Waals surface area contributed by atoms with Crippen molar-refractivity contribution in [3.8, 4) is 6.07 Å². The van der Waals surface area contributed by atoms with Crippen molar-refractivity contribution in [3.05, 3.63) is 29.8 Å². The van der Waals surface area contributed by atoms with Crippen LogP contribution < -0.4 is 5.32 Å². The van der Waals surface area contributed by atoms with Gasteiger partial charge < -0.3 is 5.32 Å². The summed E-state index contributed by atoms with van der Waals surface area (Å²) in [6, 6.07) is 11.1. The number of rotatable bonds is 4. The van der Waals surface area contributed by atoms with E-state index in [1.54, 1.807) is 0 Å². The van der Waals surface area contributed by atoms with Gasteiger partial charge in [-0.2, -0.15) is 5.26 Å². The van der Waals surface area contributed by atoms with Gasteiger partial charge in [-0.05, 0) is 48.3 Å². The molecule has 0 radical (unpaired) electrons. The Morgan fingerprint density at radius 3 is 2.55 bits per heavy atom. The van der Waals surface area contributed by atoms with Gasteiger partial charge in [-0.25, -0.2) is 0 Å². The van der Waals surface area contributed by atoms with E-state index in [0.717, 1.165) is 23.3 Å². The second-order valence-corrected chi connectivity index (χ2v) is 6.61. The lowest BCUT2D eigenvalue weighted by atomic mass is 9.74. The van der Waals surface area contributed by atoms with Crippen LogP contribution in [0.15, 0.2) is 24.3 Å². The van der Waals surface area contributed by atoms with Gasteiger partial charge in [0.15, 0.2) is 0 Å². The van der Waals surface area contributed by atoms with Gasteiger partial charge in [0.05, 0.1) is 12.5 Å². The Balaban J connectivity index is 2.04. The Hall–Kier alpha value is -1.49. The van der Waals surface area contributed by atoms with Crippen molar-refractivity contribution >= 4 is 5.69 Å². The lowest BCUT2D eigenvalue weighted by Crippen LogP contribution is -2.37. The molecule has 0 bridgehead atoms. The molecule has 0 heterocycles. The Bertz CT molecular complexity index is 455. The van der Waals surface area contributed by atoms with Crippen molar-refractivity contribution in [2.45, 2.75) is 52.5 Å². The van der Waals surface area contributed by atoms with Gasteiger partial charge in [-0.15, -0.1) is 0 Å². The third-order valence-electron chi connectivity index (χ3n) is 4.61. The maximum absolute atomic E-state index is 8.71. The van der Waals surface area contributed by atoms with E-state index in [-0.39, 0.29) is 0 Å². The van der Waals surface area contributed by atoms with Crippen molar-refractivity contribution in [1.82, 2.24) is 0 Å². The van der Waals surface area contributed by atoms with Crippen molar-refractivity contribution in [1.29, 1.82) is 5.26 Å². The predicted molar refractivity (Wildman–Crippen MR) is 84.5 cm³/mol. The van der Waals surface area contributed by atoms with Gasteiger partial charge in [0.25, 0.3) is 0 Å². The van der Waals surface area contributed by atoms with E-state index < -0.39 is 0 Å². The van der Waals surface area contributed by atoms with Gasteiger partial charge >= 0.3 is 0 Å². The molecule has 108 valence electrons. The Labute approximate surface area is 123 Å². The highest BCUT2D eigenvalue weighted by molar-refractivity contribution is 5.46. The summed E-state index contributed by atoms with van der Waals surface area (Å²) < 4.78 is 0. The molecule has 0 spiro atoms. The van der Waals surface area contributed by atoms with E-state index in [2.05, 4.69) is 56.4 Å². The third-order valence-corrected chi connectivity index (χ3v) is 4.61. The first-order valence-corrected chi connectivity index (χ1v) is 7.82. The van der Waals surface area contributed by atoms with E-state index in [1.165, 1.54) is 24.9 Å². The Morgan fingerprint density at radius 2 is 1.95 bits per heavy atom. The number of nitrogens with zero attached hydrogens (tertiary/aromatic N) is 1. The second-order valence-electron chi connectivity index (χ2n) is 6.61. The molecule has 1 saturated carbocycles. The molecule has 1 fully saturated rings. The predicted octanol–water partition coefficient (Wildman–Crippen LogP) is 4.63. The molecular weight excluding hydrogens is 244 g/mol. The molecule has 0 saturated heterocycles. The normalized spacial score (nSPS) is 26.2. The minimum absolute atomic E-state index is 0.495. The summed E-state index contributed by atoms with van der Waals surface area (Å²) >= 11 is 0. The van der Waals surface area contributed by atoms with Crippen LogP contribution in [0.2, 0.25) is 0 Å². The molecule has 3 atom stereocenters. The molecular formula is C18H26N2. The van der Waals surface area contributed by atoms with Gasteiger partial charge in [0.1, 0.15) is 0 Å². The van der Waals surface area contributed by atoms with E-state index in [4.69, 9.17) is 5.26 Å². The molecule has 0 amide bonds. The number of anilines is 1. The Morgan fingerprint density at radius 1 is 1.25 bits per heavy atom. The monoisotopic (exact) mass is 270 g/mol. The van der Waals surface area contributed by atoms with Crippen LogP contribution in [0.25, 0.3) is 0 Å². The van der Waals surface area contributed by atoms with Crippen LogP contribution in [0, 0.1) is 29.1 Å². The highest BCUT2D eigenvalue weighted by Gasteiger charge is 2.30. The zero-order valence-corrected chi connectivity index (χ0v) is 12.9. The molecule has 2 rings (SSSR count). The summed E-state index contributed by atoms with van der Waals surface area (Å²) in [6.07, 6.45) is 4.46. The summed E-state index contributed by atoms with van der Waals surface area (Å²) in [6.45, 7) is 7.04. The number of hydrogen-bond acceptors (Lipinski definition) is 2. The molecule has 0 aromatic heterocycles. The summed E-state index contributed by atoms with van der Waals surface area (Å²) in [5.74, 6) is 2.32. The molecule has 3 unspecified atom stereocenters. The smallest absolute Gasteiger partial charge is 0.0669 e. The average molecular weight is 270 g/mol. The summed E-state index contributed by atoms with van der Waals surface area (Å²) in [5.41, 5.74) is 2.28. The highest BCUT2D eigenvalue weighted by atomic mass is 14.9. The van der Waals surface area contributed by atoms with Crippen molar-refractivity contribution in [2.75, 3.05) is 5.32 Å². The summed E-state index contributed by atoms with van der Waals surface area (Å²) in [7, 11) is 0. The Kier molecular flexibility index (Phi) is 5.06. The minimum Gasteiger partial charge on any atom is -0.382 e. The van der Waals surface area contributed by atoms with Gasteiger partial charge in [0.2, 0.25) is 0 Å². The first-order chi connectivity index (χ1) is 9.60. The van der Waals surface area contributed by atoms with Crippen LogP contribution in [-0.2, 0) is 6.42 Å². The van der Waals surface area contributed by atoms with E-state index in [1.807, 2.05) is 0 Å². The van der Waals surface area contributed by atoms with Gasteiger partial charge in [-0.3, -0.25) is 0 Å². The maximum atomic E-state index is 8.71. The topological polar surface area (TPSA) is 35.8 Å². The zero-order chi connectivity index (χ0) is 14.5. The lowest BCUT2D eigenvalue weighted by Gasteiger charge is -2.38. The summed E-state index contributed by atoms with van der Waals surface area (Å²) in [5, 5.41) is 12.4. The zero-order valence-electron chi connectivity index (χ0n) is 12.9. The molecule has 2 heteroatoms.